The number of rotatable bonds is 2. The van der Waals surface area contributed by atoms with Crippen molar-refractivity contribution in [3.8, 4) is 10.7 Å². The average molecular weight is 252 g/mol. The van der Waals surface area contributed by atoms with Crippen LogP contribution in [-0.4, -0.2) is 33.3 Å². The molecule has 3 heterocycles. The molecule has 0 aliphatic carbocycles. The van der Waals surface area contributed by atoms with Crippen LogP contribution >= 0.6 is 11.3 Å². The van der Waals surface area contributed by atoms with Crippen molar-refractivity contribution in [2.45, 2.75) is 18.4 Å². The van der Waals surface area contributed by atoms with E-state index in [-0.39, 0.29) is 5.89 Å². The zero-order chi connectivity index (χ0) is 11.7. The number of hydrogen-bond acceptors (Lipinski definition) is 7. The first-order valence-electron chi connectivity index (χ1n) is 5.44. The third-order valence-corrected chi connectivity index (χ3v) is 3.61. The molecule has 0 saturated carbocycles. The summed E-state index contributed by atoms with van der Waals surface area (Å²) in [7, 11) is 0. The van der Waals surface area contributed by atoms with Crippen LogP contribution in [0.5, 0.6) is 0 Å². The van der Waals surface area contributed by atoms with Crippen LogP contribution in [-0.2, 0) is 5.60 Å². The van der Waals surface area contributed by atoms with Crippen molar-refractivity contribution in [1.29, 1.82) is 0 Å². The Hall–Kier alpha value is -1.31. The maximum absolute atomic E-state index is 10.4. The van der Waals surface area contributed by atoms with Gasteiger partial charge in [-0.1, -0.05) is 5.16 Å². The zero-order valence-corrected chi connectivity index (χ0v) is 9.90. The van der Waals surface area contributed by atoms with E-state index in [1.54, 1.807) is 11.7 Å². The summed E-state index contributed by atoms with van der Waals surface area (Å²) in [4.78, 5) is 9.05. The van der Waals surface area contributed by atoms with Crippen LogP contribution in [0.15, 0.2) is 16.2 Å². The van der Waals surface area contributed by atoms with Gasteiger partial charge in [0.15, 0.2) is 5.60 Å². The number of nitrogens with zero attached hydrogens (tertiary/aromatic N) is 3. The Kier molecular flexibility index (Phi) is 2.65. The molecule has 0 amide bonds. The summed E-state index contributed by atoms with van der Waals surface area (Å²) in [6.45, 7) is 1.37. The van der Waals surface area contributed by atoms with Crippen LogP contribution in [0.1, 0.15) is 18.7 Å². The van der Waals surface area contributed by atoms with E-state index in [0.29, 0.717) is 18.8 Å². The van der Waals surface area contributed by atoms with Crippen LogP contribution in [0.4, 0.5) is 0 Å². The molecule has 7 heteroatoms. The minimum absolute atomic E-state index is 0.285. The lowest BCUT2D eigenvalue weighted by molar-refractivity contribution is -0.0167. The SMILES string of the molecule is OC1(c2nc(-c3cncs3)no2)CCCNC1. The van der Waals surface area contributed by atoms with E-state index in [0.717, 1.165) is 17.8 Å². The van der Waals surface area contributed by atoms with Crippen molar-refractivity contribution in [3.63, 3.8) is 0 Å². The van der Waals surface area contributed by atoms with E-state index < -0.39 is 5.60 Å². The van der Waals surface area contributed by atoms with Crippen molar-refractivity contribution >= 4 is 11.3 Å². The van der Waals surface area contributed by atoms with Crippen molar-refractivity contribution in [1.82, 2.24) is 20.4 Å². The molecule has 0 radical (unpaired) electrons. The van der Waals surface area contributed by atoms with Gasteiger partial charge in [0.05, 0.1) is 10.4 Å². The van der Waals surface area contributed by atoms with E-state index in [4.69, 9.17) is 4.52 Å². The summed E-state index contributed by atoms with van der Waals surface area (Å²) in [6, 6.07) is 0. The smallest absolute Gasteiger partial charge is 0.260 e. The van der Waals surface area contributed by atoms with Crippen LogP contribution in [0.25, 0.3) is 10.7 Å². The zero-order valence-electron chi connectivity index (χ0n) is 9.09. The molecule has 2 N–H and O–H groups in total. The summed E-state index contributed by atoms with van der Waals surface area (Å²) in [5, 5.41) is 17.4. The fourth-order valence-electron chi connectivity index (χ4n) is 1.91. The van der Waals surface area contributed by atoms with E-state index in [1.807, 2.05) is 0 Å². The maximum Gasteiger partial charge on any atom is 0.260 e. The summed E-state index contributed by atoms with van der Waals surface area (Å²) >= 11 is 1.44. The van der Waals surface area contributed by atoms with Gasteiger partial charge in [0.1, 0.15) is 0 Å². The number of aromatic nitrogens is 3. The molecule has 6 nitrogen and oxygen atoms in total. The predicted molar refractivity (Wildman–Crippen MR) is 61.4 cm³/mol. The lowest BCUT2D eigenvalue weighted by atomic mass is 9.94. The highest BCUT2D eigenvalue weighted by Crippen LogP contribution is 2.29. The molecular formula is C10H12N4O2S. The topological polar surface area (TPSA) is 84.1 Å². The van der Waals surface area contributed by atoms with Gasteiger partial charge >= 0.3 is 0 Å². The molecule has 1 atom stereocenters. The first-order valence-corrected chi connectivity index (χ1v) is 6.32. The van der Waals surface area contributed by atoms with Crippen LogP contribution in [0, 0.1) is 0 Å². The fourth-order valence-corrected chi connectivity index (χ4v) is 2.46. The lowest BCUT2D eigenvalue weighted by Gasteiger charge is -2.28. The van der Waals surface area contributed by atoms with Gasteiger partial charge in [-0.2, -0.15) is 4.98 Å². The minimum Gasteiger partial charge on any atom is -0.379 e. The number of β-amino-alcohol motifs (C(OH)–C–C–N with tert-alkyl or cyclic N) is 1. The number of aliphatic hydroxyl groups is 1. The van der Waals surface area contributed by atoms with Gasteiger partial charge in [-0.3, -0.25) is 4.98 Å². The van der Waals surface area contributed by atoms with Crippen molar-refractivity contribution in [3.05, 3.63) is 17.6 Å². The quantitative estimate of drug-likeness (QED) is 0.821. The third-order valence-electron chi connectivity index (χ3n) is 2.84. The second-order valence-electron chi connectivity index (χ2n) is 4.10. The van der Waals surface area contributed by atoms with Crippen molar-refractivity contribution in [2.75, 3.05) is 13.1 Å². The summed E-state index contributed by atoms with van der Waals surface area (Å²) in [5.41, 5.74) is 0.677. The molecule has 0 bridgehead atoms. The first-order chi connectivity index (χ1) is 8.28. The largest absolute Gasteiger partial charge is 0.379 e. The second kappa shape index (κ2) is 4.17. The molecule has 1 unspecified atom stereocenters. The van der Waals surface area contributed by atoms with Gasteiger partial charge in [-0.25, -0.2) is 0 Å². The Morgan fingerprint density at radius 1 is 1.53 bits per heavy atom. The molecule has 1 aliphatic heterocycles. The normalized spacial score (nSPS) is 25.0. The van der Waals surface area contributed by atoms with Gasteiger partial charge in [-0.15, -0.1) is 11.3 Å². The van der Waals surface area contributed by atoms with E-state index in [2.05, 4.69) is 20.4 Å². The molecule has 1 fully saturated rings. The Morgan fingerprint density at radius 2 is 2.47 bits per heavy atom. The van der Waals surface area contributed by atoms with Crippen LogP contribution in [0.3, 0.4) is 0 Å². The van der Waals surface area contributed by atoms with Gasteiger partial charge in [0, 0.05) is 12.7 Å². The first kappa shape index (κ1) is 10.8. The fraction of sp³-hybridized carbons (Fsp3) is 0.500. The lowest BCUT2D eigenvalue weighted by Crippen LogP contribution is -2.43. The Bertz CT molecular complexity index is 490. The van der Waals surface area contributed by atoms with E-state index >= 15 is 0 Å². The van der Waals surface area contributed by atoms with E-state index in [9.17, 15) is 5.11 Å². The highest BCUT2D eigenvalue weighted by atomic mass is 32.1. The van der Waals surface area contributed by atoms with Crippen LogP contribution < -0.4 is 5.32 Å². The van der Waals surface area contributed by atoms with Crippen molar-refractivity contribution in [2.24, 2.45) is 0 Å². The molecule has 17 heavy (non-hydrogen) atoms. The molecule has 90 valence electrons. The summed E-state index contributed by atoms with van der Waals surface area (Å²) < 4.78 is 5.16. The van der Waals surface area contributed by atoms with Crippen LogP contribution in [0.2, 0.25) is 0 Å². The second-order valence-corrected chi connectivity index (χ2v) is 4.99. The Balaban J connectivity index is 1.89. The predicted octanol–water partition coefficient (Wildman–Crippen LogP) is 0.764. The highest BCUT2D eigenvalue weighted by Gasteiger charge is 2.37. The summed E-state index contributed by atoms with van der Waals surface area (Å²) in [5.74, 6) is 0.773. The number of nitrogens with one attached hydrogen (secondary N) is 1. The Labute approximate surface area is 102 Å². The molecule has 0 spiro atoms. The highest BCUT2D eigenvalue weighted by molar-refractivity contribution is 7.13. The van der Waals surface area contributed by atoms with E-state index in [1.165, 1.54) is 11.3 Å². The molecule has 2 aromatic heterocycles. The molecule has 0 aromatic carbocycles. The average Bonchev–Trinajstić information content (AvgIpc) is 3.01. The summed E-state index contributed by atoms with van der Waals surface area (Å²) in [6.07, 6.45) is 3.22. The third kappa shape index (κ3) is 1.97. The molecule has 1 saturated heterocycles. The maximum atomic E-state index is 10.4. The van der Waals surface area contributed by atoms with Gasteiger partial charge in [-0.05, 0) is 19.4 Å². The minimum atomic E-state index is -1.03. The standard InChI is InChI=1S/C10H12N4O2S/c15-10(2-1-3-11-5-10)9-13-8(14-16-9)7-4-12-6-17-7/h4,6,11,15H,1-3,5H2. The number of hydrogen-bond donors (Lipinski definition) is 2. The van der Waals surface area contributed by atoms with Gasteiger partial charge in [0.25, 0.3) is 5.89 Å². The molecule has 3 rings (SSSR count). The van der Waals surface area contributed by atoms with Gasteiger partial charge < -0.3 is 14.9 Å². The number of thiazole rings is 1. The van der Waals surface area contributed by atoms with Gasteiger partial charge in [0.2, 0.25) is 5.82 Å². The molecule has 1 aliphatic rings. The Morgan fingerprint density at radius 3 is 3.18 bits per heavy atom. The molecule has 2 aromatic rings. The monoisotopic (exact) mass is 252 g/mol. The number of piperidine rings is 1. The molecular weight excluding hydrogens is 240 g/mol. The van der Waals surface area contributed by atoms with Crippen molar-refractivity contribution < 1.29 is 9.63 Å².